The first kappa shape index (κ1) is 17.9. The van der Waals surface area contributed by atoms with Crippen LogP contribution in [0, 0.1) is 17.1 Å². The number of nitriles is 1. The maximum Gasteiger partial charge on any atom is 0.227 e. The Morgan fingerprint density at radius 2 is 2.08 bits per heavy atom. The maximum atomic E-state index is 14.4. The van der Waals surface area contributed by atoms with Crippen LogP contribution in [0.4, 0.5) is 21.8 Å². The summed E-state index contributed by atoms with van der Waals surface area (Å²) in [7, 11) is 5.85. The molecule has 1 saturated heterocycles. The summed E-state index contributed by atoms with van der Waals surface area (Å²) in [6.45, 7) is 1.36. The molecule has 0 saturated carbocycles. The molecule has 0 spiro atoms. The van der Waals surface area contributed by atoms with Crippen molar-refractivity contribution in [2.45, 2.75) is 18.9 Å². The lowest BCUT2D eigenvalue weighted by Crippen LogP contribution is -2.47. The normalized spacial score (nSPS) is 16.9. The van der Waals surface area contributed by atoms with Gasteiger partial charge in [-0.2, -0.15) is 10.2 Å². The molecule has 0 amide bonds. The topological polar surface area (TPSA) is 59.3 Å². The van der Waals surface area contributed by atoms with Gasteiger partial charge in [-0.25, -0.2) is 9.37 Å². The highest BCUT2D eigenvalue weighted by atomic mass is 19.1. The van der Waals surface area contributed by atoms with E-state index in [4.69, 9.17) is 0 Å². The molecule has 0 aliphatic carbocycles. The van der Waals surface area contributed by atoms with Gasteiger partial charge in [0.05, 0.1) is 11.3 Å². The van der Waals surface area contributed by atoms with Gasteiger partial charge in [0, 0.05) is 46.5 Å². The zero-order valence-corrected chi connectivity index (χ0v) is 15.4. The van der Waals surface area contributed by atoms with Crippen molar-refractivity contribution in [1.82, 2.24) is 9.97 Å². The Morgan fingerprint density at radius 1 is 1.27 bits per heavy atom. The SMILES string of the molecule is CN(C)c1ccnc(N(C)C2CCCN(c3c(F)cccc3C#N)C2)n1. The summed E-state index contributed by atoms with van der Waals surface area (Å²) >= 11 is 0. The fraction of sp³-hybridized carbons (Fsp3) is 0.421. The Labute approximate surface area is 153 Å². The van der Waals surface area contributed by atoms with Crippen LogP contribution in [0.15, 0.2) is 30.5 Å². The fourth-order valence-corrected chi connectivity index (χ4v) is 3.32. The standard InChI is InChI=1S/C19H23FN6/c1-24(2)17-9-10-22-19(23-17)25(3)15-7-5-11-26(13-15)18-14(12-21)6-4-8-16(18)20/h4,6,8-10,15H,5,7,11,13H2,1-3H3. The molecule has 1 aliphatic rings. The van der Waals surface area contributed by atoms with Gasteiger partial charge in [0.15, 0.2) is 0 Å². The van der Waals surface area contributed by atoms with Crippen molar-refractivity contribution in [1.29, 1.82) is 5.26 Å². The molecule has 136 valence electrons. The van der Waals surface area contributed by atoms with Gasteiger partial charge in [-0.3, -0.25) is 0 Å². The molecular formula is C19H23FN6. The Bertz CT molecular complexity index is 816. The van der Waals surface area contributed by atoms with Gasteiger partial charge < -0.3 is 14.7 Å². The van der Waals surface area contributed by atoms with Gasteiger partial charge in [-0.1, -0.05) is 6.07 Å². The molecule has 1 aromatic heterocycles. The van der Waals surface area contributed by atoms with Crippen LogP contribution in [-0.4, -0.2) is 50.2 Å². The highest BCUT2D eigenvalue weighted by Crippen LogP contribution is 2.29. The van der Waals surface area contributed by atoms with E-state index < -0.39 is 0 Å². The second kappa shape index (κ2) is 7.56. The average Bonchev–Trinajstić information content (AvgIpc) is 2.67. The molecule has 1 unspecified atom stereocenters. The van der Waals surface area contributed by atoms with Crippen LogP contribution < -0.4 is 14.7 Å². The first-order chi connectivity index (χ1) is 12.5. The van der Waals surface area contributed by atoms with Crippen LogP contribution in [0.25, 0.3) is 0 Å². The van der Waals surface area contributed by atoms with E-state index in [1.54, 1.807) is 18.3 Å². The Hall–Kier alpha value is -2.88. The third-order valence-corrected chi connectivity index (χ3v) is 4.77. The lowest BCUT2D eigenvalue weighted by Gasteiger charge is -2.39. The van der Waals surface area contributed by atoms with E-state index >= 15 is 0 Å². The van der Waals surface area contributed by atoms with Crippen molar-refractivity contribution in [3.05, 3.63) is 41.8 Å². The number of hydrogen-bond donors (Lipinski definition) is 0. The molecule has 2 aromatic rings. The zero-order chi connectivity index (χ0) is 18.7. The van der Waals surface area contributed by atoms with Gasteiger partial charge in [-0.15, -0.1) is 0 Å². The van der Waals surface area contributed by atoms with E-state index in [-0.39, 0.29) is 11.9 Å². The maximum absolute atomic E-state index is 14.4. The zero-order valence-electron chi connectivity index (χ0n) is 15.4. The van der Waals surface area contributed by atoms with Crippen molar-refractivity contribution < 1.29 is 4.39 Å². The van der Waals surface area contributed by atoms with Crippen molar-refractivity contribution in [2.24, 2.45) is 0 Å². The molecule has 26 heavy (non-hydrogen) atoms. The van der Waals surface area contributed by atoms with Gasteiger partial charge in [-0.05, 0) is 31.0 Å². The summed E-state index contributed by atoms with van der Waals surface area (Å²) in [4.78, 5) is 14.9. The van der Waals surface area contributed by atoms with Crippen LogP contribution in [0.1, 0.15) is 18.4 Å². The molecule has 1 aliphatic heterocycles. The number of nitrogens with zero attached hydrogens (tertiary/aromatic N) is 6. The van der Waals surface area contributed by atoms with E-state index in [1.165, 1.54) is 6.07 Å². The van der Waals surface area contributed by atoms with Gasteiger partial charge in [0.1, 0.15) is 17.7 Å². The summed E-state index contributed by atoms with van der Waals surface area (Å²) in [5.41, 5.74) is 0.773. The number of likely N-dealkylation sites (N-methyl/N-ethyl adjacent to an activating group) is 1. The number of aromatic nitrogens is 2. The molecule has 6 nitrogen and oxygen atoms in total. The molecule has 1 fully saturated rings. The monoisotopic (exact) mass is 354 g/mol. The van der Waals surface area contributed by atoms with Crippen LogP contribution >= 0.6 is 0 Å². The molecule has 1 atom stereocenters. The van der Waals surface area contributed by atoms with Crippen LogP contribution in [-0.2, 0) is 0 Å². The van der Waals surface area contributed by atoms with Gasteiger partial charge >= 0.3 is 0 Å². The van der Waals surface area contributed by atoms with Crippen molar-refractivity contribution in [3.8, 4) is 6.07 Å². The van der Waals surface area contributed by atoms with E-state index in [2.05, 4.69) is 16.0 Å². The van der Waals surface area contributed by atoms with Crippen molar-refractivity contribution in [2.75, 3.05) is 48.9 Å². The number of hydrogen-bond acceptors (Lipinski definition) is 6. The average molecular weight is 354 g/mol. The largest absolute Gasteiger partial charge is 0.366 e. The van der Waals surface area contributed by atoms with Crippen molar-refractivity contribution in [3.63, 3.8) is 0 Å². The fourth-order valence-electron chi connectivity index (χ4n) is 3.32. The lowest BCUT2D eigenvalue weighted by molar-refractivity contribution is 0.477. The first-order valence-electron chi connectivity index (χ1n) is 8.68. The predicted octanol–water partition coefficient (Wildman–Crippen LogP) is 2.66. The number of anilines is 3. The minimum atomic E-state index is -0.349. The van der Waals surface area contributed by atoms with Gasteiger partial charge in [0.2, 0.25) is 5.95 Å². The highest BCUT2D eigenvalue weighted by Gasteiger charge is 2.27. The molecule has 0 bridgehead atoms. The highest BCUT2D eigenvalue weighted by molar-refractivity contribution is 5.61. The third-order valence-electron chi connectivity index (χ3n) is 4.77. The van der Waals surface area contributed by atoms with Crippen molar-refractivity contribution >= 4 is 17.5 Å². The van der Waals surface area contributed by atoms with E-state index in [0.717, 1.165) is 25.2 Å². The minimum absolute atomic E-state index is 0.146. The van der Waals surface area contributed by atoms with E-state index in [1.807, 2.05) is 41.9 Å². The smallest absolute Gasteiger partial charge is 0.227 e. The minimum Gasteiger partial charge on any atom is -0.366 e. The van der Waals surface area contributed by atoms with Crippen LogP contribution in [0.3, 0.4) is 0 Å². The summed E-state index contributed by atoms with van der Waals surface area (Å²) in [5.74, 6) is 1.14. The molecule has 2 heterocycles. The lowest BCUT2D eigenvalue weighted by atomic mass is 10.0. The third kappa shape index (κ3) is 3.54. The van der Waals surface area contributed by atoms with E-state index in [0.29, 0.717) is 23.7 Å². The molecule has 1 aromatic carbocycles. The Balaban J connectivity index is 1.83. The number of halogens is 1. The summed E-state index contributed by atoms with van der Waals surface area (Å²) in [5, 5.41) is 9.33. The number of para-hydroxylation sites is 1. The first-order valence-corrected chi connectivity index (χ1v) is 8.68. The quantitative estimate of drug-likeness (QED) is 0.841. The van der Waals surface area contributed by atoms with E-state index in [9.17, 15) is 9.65 Å². The van der Waals surface area contributed by atoms with Crippen LogP contribution in [0.2, 0.25) is 0 Å². The molecule has 7 heteroatoms. The molecular weight excluding hydrogens is 331 g/mol. The molecule has 0 N–H and O–H groups in total. The number of benzene rings is 1. The Kier molecular flexibility index (Phi) is 5.21. The Morgan fingerprint density at radius 3 is 2.81 bits per heavy atom. The number of rotatable bonds is 4. The summed E-state index contributed by atoms with van der Waals surface area (Å²) in [6, 6.07) is 8.76. The predicted molar refractivity (Wildman–Crippen MR) is 101 cm³/mol. The second-order valence-corrected chi connectivity index (χ2v) is 6.71. The number of piperidine rings is 1. The summed E-state index contributed by atoms with van der Waals surface area (Å²) in [6.07, 6.45) is 3.64. The summed E-state index contributed by atoms with van der Waals surface area (Å²) < 4.78 is 14.4. The molecule has 0 radical (unpaired) electrons. The second-order valence-electron chi connectivity index (χ2n) is 6.71. The van der Waals surface area contributed by atoms with Gasteiger partial charge in [0.25, 0.3) is 0 Å². The molecule has 3 rings (SSSR count). The van der Waals surface area contributed by atoms with Crippen LogP contribution in [0.5, 0.6) is 0 Å².